The summed E-state index contributed by atoms with van der Waals surface area (Å²) >= 11 is 0. The van der Waals surface area contributed by atoms with E-state index >= 15 is 0 Å². The lowest BCUT2D eigenvalue weighted by atomic mass is 9.85. The molecule has 3 atom stereocenters. The Morgan fingerprint density at radius 1 is 1.32 bits per heavy atom. The monoisotopic (exact) mass is 268 g/mol. The molecule has 3 unspecified atom stereocenters. The Morgan fingerprint density at radius 2 is 2.21 bits per heavy atom. The van der Waals surface area contributed by atoms with Crippen molar-refractivity contribution in [2.75, 3.05) is 39.3 Å². The third-order valence-electron chi connectivity index (χ3n) is 4.91. The summed E-state index contributed by atoms with van der Waals surface area (Å²) in [5.41, 5.74) is 0. The number of hydrogen-bond acceptors (Lipinski definition) is 3. The van der Waals surface area contributed by atoms with Crippen LogP contribution in [0.3, 0.4) is 0 Å². The van der Waals surface area contributed by atoms with E-state index in [9.17, 15) is 0 Å². The van der Waals surface area contributed by atoms with E-state index < -0.39 is 0 Å². The molecule has 3 nitrogen and oxygen atoms in total. The van der Waals surface area contributed by atoms with Gasteiger partial charge in [0.15, 0.2) is 0 Å². The summed E-state index contributed by atoms with van der Waals surface area (Å²) in [6.07, 6.45) is 7.20. The summed E-state index contributed by atoms with van der Waals surface area (Å²) in [6, 6.07) is 0. The minimum Gasteiger partial charge on any atom is -0.377 e. The van der Waals surface area contributed by atoms with Gasteiger partial charge in [0.25, 0.3) is 0 Å². The van der Waals surface area contributed by atoms with Gasteiger partial charge in [0, 0.05) is 13.2 Å². The van der Waals surface area contributed by atoms with Crippen LogP contribution < -0.4 is 5.32 Å². The van der Waals surface area contributed by atoms with Crippen molar-refractivity contribution in [2.24, 2.45) is 11.8 Å². The molecule has 0 amide bonds. The molecule has 2 fully saturated rings. The Morgan fingerprint density at radius 3 is 2.95 bits per heavy atom. The highest BCUT2D eigenvalue weighted by molar-refractivity contribution is 4.77. The topological polar surface area (TPSA) is 24.5 Å². The van der Waals surface area contributed by atoms with Crippen LogP contribution in [0.15, 0.2) is 0 Å². The molecule has 2 rings (SSSR count). The van der Waals surface area contributed by atoms with Gasteiger partial charge in [0.2, 0.25) is 0 Å². The highest BCUT2D eigenvalue weighted by Crippen LogP contribution is 2.23. The van der Waals surface area contributed by atoms with Crippen LogP contribution in [0.1, 0.15) is 46.0 Å². The second-order valence-corrected chi connectivity index (χ2v) is 6.39. The quantitative estimate of drug-likeness (QED) is 0.801. The number of hydrogen-bond donors (Lipinski definition) is 1. The number of nitrogens with one attached hydrogen (secondary N) is 1. The molecule has 0 aliphatic carbocycles. The molecule has 0 spiro atoms. The standard InChI is InChI=1S/C16H32N2O/c1-3-19-16-7-5-10-18(13-16)11-8-14(2)15-6-4-9-17-12-15/h14-17H,3-13H2,1-2H3. The number of piperidine rings is 2. The lowest BCUT2D eigenvalue weighted by molar-refractivity contribution is 0.00402. The Bertz CT molecular complexity index is 239. The van der Waals surface area contributed by atoms with E-state index in [2.05, 4.69) is 24.1 Å². The second kappa shape index (κ2) is 8.23. The average Bonchev–Trinajstić information content (AvgIpc) is 2.46. The van der Waals surface area contributed by atoms with Crippen LogP contribution in [-0.4, -0.2) is 50.3 Å². The first-order chi connectivity index (χ1) is 9.29. The van der Waals surface area contributed by atoms with Crippen molar-refractivity contribution in [3.63, 3.8) is 0 Å². The maximum atomic E-state index is 5.78. The zero-order valence-electron chi connectivity index (χ0n) is 12.9. The van der Waals surface area contributed by atoms with Crippen molar-refractivity contribution >= 4 is 0 Å². The van der Waals surface area contributed by atoms with Crippen LogP contribution in [0.25, 0.3) is 0 Å². The Hall–Kier alpha value is -0.120. The van der Waals surface area contributed by atoms with E-state index in [0.29, 0.717) is 6.10 Å². The van der Waals surface area contributed by atoms with Gasteiger partial charge in [-0.3, -0.25) is 0 Å². The number of ether oxygens (including phenoxy) is 1. The van der Waals surface area contributed by atoms with E-state index in [1.54, 1.807) is 0 Å². The molecule has 0 aromatic heterocycles. The molecule has 2 saturated heterocycles. The summed E-state index contributed by atoms with van der Waals surface area (Å²) in [5.74, 6) is 1.77. The first-order valence-corrected chi connectivity index (χ1v) is 8.34. The van der Waals surface area contributed by atoms with E-state index in [1.807, 2.05) is 0 Å². The summed E-state index contributed by atoms with van der Waals surface area (Å²) in [7, 11) is 0. The van der Waals surface area contributed by atoms with Crippen molar-refractivity contribution in [1.29, 1.82) is 0 Å². The molecule has 19 heavy (non-hydrogen) atoms. The highest BCUT2D eigenvalue weighted by Gasteiger charge is 2.23. The van der Waals surface area contributed by atoms with Gasteiger partial charge in [0.05, 0.1) is 6.10 Å². The number of rotatable bonds is 6. The van der Waals surface area contributed by atoms with Crippen LogP contribution >= 0.6 is 0 Å². The van der Waals surface area contributed by atoms with Crippen molar-refractivity contribution in [3.8, 4) is 0 Å². The lowest BCUT2D eigenvalue weighted by Crippen LogP contribution is -2.41. The molecule has 1 N–H and O–H groups in total. The fourth-order valence-electron chi connectivity index (χ4n) is 3.57. The molecule has 2 aliphatic rings. The Kier molecular flexibility index (Phi) is 6.62. The maximum absolute atomic E-state index is 5.78. The number of likely N-dealkylation sites (tertiary alicyclic amines) is 1. The zero-order valence-corrected chi connectivity index (χ0v) is 12.9. The van der Waals surface area contributed by atoms with Gasteiger partial charge < -0.3 is 15.0 Å². The molecule has 0 aromatic rings. The fraction of sp³-hybridized carbons (Fsp3) is 1.00. The summed E-state index contributed by atoms with van der Waals surface area (Å²) < 4.78 is 5.78. The maximum Gasteiger partial charge on any atom is 0.0702 e. The van der Waals surface area contributed by atoms with Crippen LogP contribution in [0, 0.1) is 11.8 Å². The van der Waals surface area contributed by atoms with E-state index in [0.717, 1.165) is 25.0 Å². The smallest absolute Gasteiger partial charge is 0.0702 e. The molecular formula is C16H32N2O. The highest BCUT2D eigenvalue weighted by atomic mass is 16.5. The van der Waals surface area contributed by atoms with Crippen molar-refractivity contribution < 1.29 is 4.74 Å². The molecule has 112 valence electrons. The van der Waals surface area contributed by atoms with E-state index in [1.165, 1.54) is 58.3 Å². The second-order valence-electron chi connectivity index (χ2n) is 6.39. The summed E-state index contributed by atoms with van der Waals surface area (Å²) in [6.45, 7) is 11.6. The van der Waals surface area contributed by atoms with Crippen LogP contribution in [-0.2, 0) is 4.74 Å². The molecular weight excluding hydrogens is 236 g/mol. The van der Waals surface area contributed by atoms with Crippen LogP contribution in [0.2, 0.25) is 0 Å². The first kappa shape index (κ1) is 15.3. The lowest BCUT2D eigenvalue weighted by Gasteiger charge is -2.34. The summed E-state index contributed by atoms with van der Waals surface area (Å²) in [5, 5.41) is 3.54. The van der Waals surface area contributed by atoms with Crippen molar-refractivity contribution in [3.05, 3.63) is 0 Å². The van der Waals surface area contributed by atoms with Crippen molar-refractivity contribution in [1.82, 2.24) is 10.2 Å². The third kappa shape index (κ3) is 5.05. The molecule has 0 saturated carbocycles. The Labute approximate surface area is 119 Å². The third-order valence-corrected chi connectivity index (χ3v) is 4.91. The molecule has 3 heteroatoms. The largest absolute Gasteiger partial charge is 0.377 e. The first-order valence-electron chi connectivity index (χ1n) is 8.34. The van der Waals surface area contributed by atoms with Crippen LogP contribution in [0.4, 0.5) is 0 Å². The molecule has 0 bridgehead atoms. The zero-order chi connectivity index (χ0) is 13.5. The van der Waals surface area contributed by atoms with Gasteiger partial charge in [-0.05, 0) is 77.0 Å². The molecule has 0 aromatic carbocycles. The van der Waals surface area contributed by atoms with E-state index in [4.69, 9.17) is 4.74 Å². The molecule has 2 heterocycles. The normalized spacial score (nSPS) is 31.3. The fourth-order valence-corrected chi connectivity index (χ4v) is 3.57. The van der Waals surface area contributed by atoms with Gasteiger partial charge in [0.1, 0.15) is 0 Å². The predicted molar refractivity (Wildman–Crippen MR) is 80.5 cm³/mol. The average molecular weight is 268 g/mol. The van der Waals surface area contributed by atoms with Crippen molar-refractivity contribution in [2.45, 2.75) is 52.1 Å². The minimum atomic E-state index is 0.491. The van der Waals surface area contributed by atoms with Gasteiger partial charge in [-0.25, -0.2) is 0 Å². The van der Waals surface area contributed by atoms with Gasteiger partial charge in [-0.15, -0.1) is 0 Å². The van der Waals surface area contributed by atoms with Gasteiger partial charge in [-0.1, -0.05) is 6.92 Å². The Balaban J connectivity index is 1.66. The minimum absolute atomic E-state index is 0.491. The van der Waals surface area contributed by atoms with Gasteiger partial charge >= 0.3 is 0 Å². The summed E-state index contributed by atoms with van der Waals surface area (Å²) in [4.78, 5) is 2.62. The van der Waals surface area contributed by atoms with E-state index in [-0.39, 0.29) is 0 Å². The molecule has 0 radical (unpaired) electrons. The van der Waals surface area contributed by atoms with Gasteiger partial charge in [-0.2, -0.15) is 0 Å². The number of nitrogens with zero attached hydrogens (tertiary/aromatic N) is 1. The SMILES string of the molecule is CCOC1CCCN(CCC(C)C2CCCNC2)C1. The van der Waals surface area contributed by atoms with Crippen LogP contribution in [0.5, 0.6) is 0 Å². The molecule has 2 aliphatic heterocycles. The predicted octanol–water partition coefficient (Wildman–Crippen LogP) is 2.51.